The molecular weight excluding hydrogens is 515 g/mol. The second-order valence-electron chi connectivity index (χ2n) is 7.15. The molecule has 0 fully saturated rings. The highest BCUT2D eigenvalue weighted by molar-refractivity contribution is 7.92. The van der Waals surface area contributed by atoms with Crippen LogP contribution in [-0.2, 0) is 14.8 Å². The van der Waals surface area contributed by atoms with Crippen molar-refractivity contribution in [2.24, 2.45) is 0 Å². The van der Waals surface area contributed by atoms with E-state index in [0.29, 0.717) is 27.5 Å². The fraction of sp³-hybridized carbons (Fsp3) is 0.0870. The van der Waals surface area contributed by atoms with Gasteiger partial charge in [0, 0.05) is 16.8 Å². The summed E-state index contributed by atoms with van der Waals surface area (Å²) in [5.74, 6) is -0.0584. The number of carbonyl (C=O) groups excluding carboxylic acids is 1. The lowest BCUT2D eigenvalue weighted by Crippen LogP contribution is -2.16. The first-order chi connectivity index (χ1) is 16.7. The van der Waals surface area contributed by atoms with Gasteiger partial charge in [-0.1, -0.05) is 23.2 Å². The van der Waals surface area contributed by atoms with Crippen LogP contribution >= 0.6 is 23.2 Å². The Bertz CT molecular complexity index is 1530. The summed E-state index contributed by atoms with van der Waals surface area (Å²) in [4.78, 5) is 21.0. The Kier molecular flexibility index (Phi) is 6.97. The molecule has 35 heavy (non-hydrogen) atoms. The molecule has 0 aliphatic rings. The van der Waals surface area contributed by atoms with Crippen LogP contribution in [0.3, 0.4) is 0 Å². The molecule has 1 heterocycles. The maximum Gasteiger partial charge on any atom is 0.339 e. The topological polar surface area (TPSA) is 120 Å². The third kappa shape index (κ3) is 5.40. The molecule has 0 aliphatic heterocycles. The van der Waals surface area contributed by atoms with Gasteiger partial charge >= 0.3 is 5.97 Å². The molecule has 4 rings (SSSR count). The van der Waals surface area contributed by atoms with Gasteiger partial charge in [-0.15, -0.1) is 0 Å². The Morgan fingerprint density at radius 2 is 1.60 bits per heavy atom. The van der Waals surface area contributed by atoms with Crippen molar-refractivity contribution in [2.75, 3.05) is 24.3 Å². The monoisotopic (exact) mass is 532 g/mol. The molecule has 1 aromatic heterocycles. The minimum Gasteiger partial charge on any atom is -0.497 e. The van der Waals surface area contributed by atoms with Gasteiger partial charge in [0.2, 0.25) is 0 Å². The number of ether oxygens (including phenoxy) is 2. The Morgan fingerprint density at radius 3 is 2.29 bits per heavy atom. The van der Waals surface area contributed by atoms with E-state index >= 15 is 0 Å². The van der Waals surface area contributed by atoms with Gasteiger partial charge in [0.1, 0.15) is 5.75 Å². The third-order valence-corrected chi connectivity index (χ3v) is 6.80. The number of hydrogen-bond acceptors (Lipinski definition) is 8. The number of hydrogen-bond donors (Lipinski definition) is 2. The van der Waals surface area contributed by atoms with Crippen LogP contribution in [0.4, 0.5) is 17.3 Å². The lowest BCUT2D eigenvalue weighted by molar-refractivity contribution is 0.0601. The number of nitrogens with zero attached hydrogens (tertiary/aromatic N) is 2. The van der Waals surface area contributed by atoms with Gasteiger partial charge < -0.3 is 14.8 Å². The number of esters is 1. The number of aromatic nitrogens is 2. The Balaban J connectivity index is 1.80. The van der Waals surface area contributed by atoms with E-state index in [-0.39, 0.29) is 27.1 Å². The molecule has 0 unspecified atom stereocenters. The minimum absolute atomic E-state index is 0.0102. The number of carbonyl (C=O) groups is 1. The molecular formula is C23H18Cl2N4O5S. The van der Waals surface area contributed by atoms with E-state index in [1.165, 1.54) is 50.6 Å². The molecule has 12 heteroatoms. The lowest BCUT2D eigenvalue weighted by atomic mass is 10.2. The average Bonchev–Trinajstić information content (AvgIpc) is 2.84. The van der Waals surface area contributed by atoms with E-state index in [4.69, 9.17) is 32.7 Å². The third-order valence-electron chi connectivity index (χ3n) is 4.86. The maximum atomic E-state index is 13.0. The van der Waals surface area contributed by atoms with Gasteiger partial charge in [-0.05, 0) is 54.6 Å². The van der Waals surface area contributed by atoms with Crippen molar-refractivity contribution in [3.05, 3.63) is 76.3 Å². The molecule has 0 radical (unpaired) electrons. The molecule has 9 nitrogen and oxygen atoms in total. The van der Waals surface area contributed by atoms with E-state index in [1.807, 2.05) is 0 Å². The first-order valence-corrected chi connectivity index (χ1v) is 12.2. The van der Waals surface area contributed by atoms with E-state index in [1.54, 1.807) is 24.3 Å². The molecule has 2 N–H and O–H groups in total. The van der Waals surface area contributed by atoms with E-state index in [2.05, 4.69) is 20.0 Å². The van der Waals surface area contributed by atoms with Crippen LogP contribution in [-0.4, -0.2) is 38.6 Å². The lowest BCUT2D eigenvalue weighted by Gasteiger charge is -2.15. The SMILES string of the molecule is COC(=O)c1cc(Nc2nc3cc(OC)ccc3nc2NS(=O)(=O)c2ccc(Cl)cc2)ccc1Cl. The van der Waals surface area contributed by atoms with E-state index in [0.717, 1.165) is 0 Å². The zero-order valence-corrected chi connectivity index (χ0v) is 20.7. The molecule has 3 aromatic carbocycles. The molecule has 0 saturated heterocycles. The van der Waals surface area contributed by atoms with Crippen molar-refractivity contribution in [1.82, 2.24) is 9.97 Å². The van der Waals surface area contributed by atoms with E-state index in [9.17, 15) is 13.2 Å². The highest BCUT2D eigenvalue weighted by Gasteiger charge is 2.20. The van der Waals surface area contributed by atoms with Gasteiger partial charge in [-0.25, -0.2) is 23.2 Å². The maximum absolute atomic E-state index is 13.0. The number of anilines is 3. The van der Waals surface area contributed by atoms with Crippen LogP contribution < -0.4 is 14.8 Å². The standard InChI is InChI=1S/C23H18Cl2N4O5S/c1-33-15-6-10-19-20(12-15)28-21(26-14-5-9-18(25)17(11-14)23(30)34-2)22(27-19)29-35(31,32)16-7-3-13(24)4-8-16/h3-12H,1-2H3,(H,26,28)(H,27,29). The zero-order valence-electron chi connectivity index (χ0n) is 18.4. The second kappa shape index (κ2) is 9.95. The summed E-state index contributed by atoms with van der Waals surface area (Å²) in [5, 5.41) is 3.60. The quantitative estimate of drug-likeness (QED) is 0.308. The molecule has 0 bridgehead atoms. The Hall–Kier alpha value is -3.60. The number of fused-ring (bicyclic) bond motifs is 1. The highest BCUT2D eigenvalue weighted by Crippen LogP contribution is 2.30. The first-order valence-electron chi connectivity index (χ1n) is 9.99. The number of methoxy groups -OCH3 is 2. The predicted octanol–water partition coefficient (Wildman–Crippen LogP) is 5.28. The number of sulfonamides is 1. The molecule has 4 aromatic rings. The zero-order chi connectivity index (χ0) is 25.2. The van der Waals surface area contributed by atoms with Gasteiger partial charge in [0.05, 0.1) is 40.7 Å². The van der Waals surface area contributed by atoms with Gasteiger partial charge in [0.25, 0.3) is 10.0 Å². The number of benzene rings is 3. The summed E-state index contributed by atoms with van der Waals surface area (Å²) in [5.41, 5.74) is 1.40. The van der Waals surface area contributed by atoms with Crippen molar-refractivity contribution in [1.29, 1.82) is 0 Å². The smallest absolute Gasteiger partial charge is 0.339 e. The fourth-order valence-electron chi connectivity index (χ4n) is 3.13. The molecule has 0 aliphatic carbocycles. The largest absolute Gasteiger partial charge is 0.497 e. The minimum atomic E-state index is -4.03. The van der Waals surface area contributed by atoms with Crippen LogP contribution in [0, 0.1) is 0 Å². The van der Waals surface area contributed by atoms with E-state index < -0.39 is 16.0 Å². The molecule has 0 spiro atoms. The van der Waals surface area contributed by atoms with Crippen LogP contribution in [0.2, 0.25) is 10.0 Å². The van der Waals surface area contributed by atoms with Crippen molar-refractivity contribution in [3.8, 4) is 5.75 Å². The molecule has 0 amide bonds. The number of rotatable bonds is 7. The Morgan fingerprint density at radius 1 is 0.886 bits per heavy atom. The van der Waals surface area contributed by atoms with Crippen LogP contribution in [0.5, 0.6) is 5.75 Å². The summed E-state index contributed by atoms with van der Waals surface area (Å²) in [6.07, 6.45) is 0. The predicted molar refractivity (Wildman–Crippen MR) is 134 cm³/mol. The number of nitrogens with one attached hydrogen (secondary N) is 2. The van der Waals surface area contributed by atoms with Crippen molar-refractivity contribution < 1.29 is 22.7 Å². The second-order valence-corrected chi connectivity index (χ2v) is 9.67. The van der Waals surface area contributed by atoms with Crippen LogP contribution in [0.1, 0.15) is 10.4 Å². The molecule has 0 saturated carbocycles. The summed E-state index contributed by atoms with van der Waals surface area (Å²) >= 11 is 12.0. The van der Waals surface area contributed by atoms with Gasteiger partial charge in [0.15, 0.2) is 11.6 Å². The van der Waals surface area contributed by atoms with Crippen LogP contribution in [0.25, 0.3) is 11.0 Å². The highest BCUT2D eigenvalue weighted by atomic mass is 35.5. The normalized spacial score (nSPS) is 11.2. The molecule has 0 atom stereocenters. The van der Waals surface area contributed by atoms with Gasteiger partial charge in [-0.3, -0.25) is 4.72 Å². The summed E-state index contributed by atoms with van der Waals surface area (Å²) in [7, 11) is -1.27. The molecule has 180 valence electrons. The summed E-state index contributed by atoms with van der Waals surface area (Å²) in [6, 6.07) is 15.3. The summed E-state index contributed by atoms with van der Waals surface area (Å²) in [6.45, 7) is 0. The summed E-state index contributed by atoms with van der Waals surface area (Å²) < 4.78 is 38.5. The van der Waals surface area contributed by atoms with Crippen LogP contribution in [0.15, 0.2) is 65.6 Å². The van der Waals surface area contributed by atoms with Crippen molar-refractivity contribution in [2.45, 2.75) is 4.90 Å². The van der Waals surface area contributed by atoms with Gasteiger partial charge in [-0.2, -0.15) is 0 Å². The fourth-order valence-corrected chi connectivity index (χ4v) is 4.46. The first kappa shape index (κ1) is 24.5. The average molecular weight is 533 g/mol. The van der Waals surface area contributed by atoms with Crippen molar-refractivity contribution in [3.63, 3.8) is 0 Å². The number of halogens is 2. The Labute approximate surface area is 211 Å². The van der Waals surface area contributed by atoms with Crippen molar-refractivity contribution >= 4 is 67.6 Å².